The molecule has 0 fully saturated rings. The van der Waals surface area contributed by atoms with Gasteiger partial charge in [-0.2, -0.15) is 0 Å². The van der Waals surface area contributed by atoms with Gasteiger partial charge in [0.2, 0.25) is 0 Å². The molecule has 17 heavy (non-hydrogen) atoms. The Morgan fingerprint density at radius 2 is 2.24 bits per heavy atom. The quantitative estimate of drug-likeness (QED) is 0.769. The van der Waals surface area contributed by atoms with Crippen LogP contribution in [0.4, 0.5) is 4.39 Å². The summed E-state index contributed by atoms with van der Waals surface area (Å²) in [4.78, 5) is 0. The van der Waals surface area contributed by atoms with Gasteiger partial charge < -0.3 is 15.2 Å². The average molecular weight is 241 g/mol. The van der Waals surface area contributed by atoms with Crippen molar-refractivity contribution >= 4 is 0 Å². The van der Waals surface area contributed by atoms with E-state index in [9.17, 15) is 4.39 Å². The highest BCUT2D eigenvalue weighted by Crippen LogP contribution is 2.27. The number of ether oxygens (including phenoxy) is 1. The van der Waals surface area contributed by atoms with Crippen LogP contribution < -0.4 is 10.1 Å². The van der Waals surface area contributed by atoms with Crippen LogP contribution >= 0.6 is 0 Å². The maximum absolute atomic E-state index is 13.8. The monoisotopic (exact) mass is 241 g/mol. The van der Waals surface area contributed by atoms with Crippen LogP contribution in [0, 0.1) is 5.82 Å². The van der Waals surface area contributed by atoms with Gasteiger partial charge in [-0.1, -0.05) is 13.0 Å². The molecule has 0 aliphatic rings. The van der Waals surface area contributed by atoms with Gasteiger partial charge in [0.15, 0.2) is 0 Å². The number of benzene rings is 1. The SMILES string of the molecule is CCCNC(C)c1c(F)cccc1OCCO. The van der Waals surface area contributed by atoms with E-state index in [4.69, 9.17) is 9.84 Å². The van der Waals surface area contributed by atoms with Crippen molar-refractivity contribution in [2.45, 2.75) is 26.3 Å². The van der Waals surface area contributed by atoms with Crippen molar-refractivity contribution < 1.29 is 14.2 Å². The van der Waals surface area contributed by atoms with Crippen LogP contribution in [0.15, 0.2) is 18.2 Å². The fourth-order valence-corrected chi connectivity index (χ4v) is 1.68. The van der Waals surface area contributed by atoms with Crippen molar-refractivity contribution in [2.24, 2.45) is 0 Å². The van der Waals surface area contributed by atoms with Gasteiger partial charge in [0.25, 0.3) is 0 Å². The fraction of sp³-hybridized carbons (Fsp3) is 0.538. The number of hydrogen-bond acceptors (Lipinski definition) is 3. The average Bonchev–Trinajstić information content (AvgIpc) is 2.33. The Labute approximate surface area is 102 Å². The van der Waals surface area contributed by atoms with Crippen LogP contribution in [0.1, 0.15) is 31.9 Å². The lowest BCUT2D eigenvalue weighted by Gasteiger charge is -2.18. The van der Waals surface area contributed by atoms with E-state index in [1.807, 2.05) is 6.92 Å². The van der Waals surface area contributed by atoms with Crippen molar-refractivity contribution in [2.75, 3.05) is 19.8 Å². The van der Waals surface area contributed by atoms with E-state index >= 15 is 0 Å². The Kier molecular flexibility index (Phi) is 5.94. The zero-order valence-electron chi connectivity index (χ0n) is 10.4. The number of rotatable bonds is 7. The molecule has 0 aliphatic heterocycles. The van der Waals surface area contributed by atoms with Gasteiger partial charge >= 0.3 is 0 Å². The first-order valence-electron chi connectivity index (χ1n) is 5.96. The molecular formula is C13H20FNO2. The Hall–Kier alpha value is -1.13. The van der Waals surface area contributed by atoms with Crippen LogP contribution in [-0.4, -0.2) is 24.9 Å². The summed E-state index contributed by atoms with van der Waals surface area (Å²) in [6.07, 6.45) is 0.992. The standard InChI is InChI=1S/C13H20FNO2/c1-3-7-15-10(2)13-11(14)5-4-6-12(13)17-9-8-16/h4-6,10,15-16H,3,7-9H2,1-2H3. The molecule has 4 heteroatoms. The summed E-state index contributed by atoms with van der Waals surface area (Å²) in [6, 6.07) is 4.64. The molecule has 0 spiro atoms. The maximum atomic E-state index is 13.8. The molecule has 1 aromatic rings. The van der Waals surface area contributed by atoms with Crippen molar-refractivity contribution in [3.63, 3.8) is 0 Å². The van der Waals surface area contributed by atoms with E-state index in [1.165, 1.54) is 6.07 Å². The van der Waals surface area contributed by atoms with Gasteiger partial charge in [0.05, 0.1) is 6.61 Å². The van der Waals surface area contributed by atoms with Crippen LogP contribution in [0.5, 0.6) is 5.75 Å². The molecule has 1 aromatic carbocycles. The molecule has 0 radical (unpaired) electrons. The molecule has 0 bridgehead atoms. The third-order valence-electron chi connectivity index (χ3n) is 2.50. The predicted molar refractivity (Wildman–Crippen MR) is 65.7 cm³/mol. The summed E-state index contributed by atoms with van der Waals surface area (Å²) in [5.74, 6) is 0.215. The number of nitrogens with one attached hydrogen (secondary N) is 1. The highest BCUT2D eigenvalue weighted by molar-refractivity contribution is 5.37. The van der Waals surface area contributed by atoms with Crippen molar-refractivity contribution in [1.82, 2.24) is 5.32 Å². The Balaban J connectivity index is 2.85. The molecule has 0 heterocycles. The van der Waals surface area contributed by atoms with Crippen LogP contribution in [0.3, 0.4) is 0 Å². The topological polar surface area (TPSA) is 41.5 Å². The largest absolute Gasteiger partial charge is 0.491 e. The number of hydrogen-bond donors (Lipinski definition) is 2. The van der Waals surface area contributed by atoms with Crippen molar-refractivity contribution in [1.29, 1.82) is 0 Å². The van der Waals surface area contributed by atoms with E-state index < -0.39 is 0 Å². The first-order valence-corrected chi connectivity index (χ1v) is 5.96. The van der Waals surface area contributed by atoms with Crippen LogP contribution in [-0.2, 0) is 0 Å². The van der Waals surface area contributed by atoms with E-state index in [2.05, 4.69) is 12.2 Å². The highest BCUT2D eigenvalue weighted by atomic mass is 19.1. The smallest absolute Gasteiger partial charge is 0.131 e. The molecule has 2 N–H and O–H groups in total. The van der Waals surface area contributed by atoms with Crippen LogP contribution in [0.2, 0.25) is 0 Å². The third-order valence-corrected chi connectivity index (χ3v) is 2.50. The molecule has 3 nitrogen and oxygen atoms in total. The maximum Gasteiger partial charge on any atom is 0.131 e. The summed E-state index contributed by atoms with van der Waals surface area (Å²) in [5, 5.41) is 12.0. The molecule has 0 saturated carbocycles. The molecule has 1 atom stereocenters. The van der Waals surface area contributed by atoms with Gasteiger partial charge in [-0.3, -0.25) is 0 Å². The Morgan fingerprint density at radius 1 is 1.47 bits per heavy atom. The summed E-state index contributed by atoms with van der Waals surface area (Å²) in [5.41, 5.74) is 0.523. The van der Waals surface area contributed by atoms with E-state index in [1.54, 1.807) is 12.1 Å². The lowest BCUT2D eigenvalue weighted by atomic mass is 10.1. The lowest BCUT2D eigenvalue weighted by molar-refractivity contribution is 0.198. The molecule has 0 amide bonds. The summed E-state index contributed by atoms with van der Waals surface area (Å²) >= 11 is 0. The molecule has 0 saturated heterocycles. The Morgan fingerprint density at radius 3 is 2.88 bits per heavy atom. The summed E-state index contributed by atoms with van der Waals surface area (Å²) < 4.78 is 19.1. The third kappa shape index (κ3) is 3.98. The minimum atomic E-state index is -0.281. The second kappa shape index (κ2) is 7.25. The minimum Gasteiger partial charge on any atom is -0.491 e. The van der Waals surface area contributed by atoms with Gasteiger partial charge in [0.1, 0.15) is 18.2 Å². The highest BCUT2D eigenvalue weighted by Gasteiger charge is 2.15. The van der Waals surface area contributed by atoms with E-state index in [0.717, 1.165) is 13.0 Å². The molecule has 0 aliphatic carbocycles. The molecule has 96 valence electrons. The fourth-order valence-electron chi connectivity index (χ4n) is 1.68. The molecular weight excluding hydrogens is 221 g/mol. The van der Waals surface area contributed by atoms with E-state index in [0.29, 0.717) is 11.3 Å². The summed E-state index contributed by atoms with van der Waals surface area (Å²) in [6.45, 7) is 4.89. The Bertz CT molecular complexity index is 344. The van der Waals surface area contributed by atoms with E-state index in [-0.39, 0.29) is 25.1 Å². The van der Waals surface area contributed by atoms with Gasteiger partial charge in [-0.05, 0) is 32.0 Å². The number of aliphatic hydroxyl groups excluding tert-OH is 1. The zero-order valence-corrected chi connectivity index (χ0v) is 10.4. The van der Waals surface area contributed by atoms with Crippen molar-refractivity contribution in [3.05, 3.63) is 29.6 Å². The lowest BCUT2D eigenvalue weighted by Crippen LogP contribution is -2.21. The molecule has 1 unspecified atom stereocenters. The normalized spacial score (nSPS) is 12.5. The summed E-state index contributed by atoms with van der Waals surface area (Å²) in [7, 11) is 0. The predicted octanol–water partition coefficient (Wildman–Crippen LogP) is 2.26. The second-order valence-electron chi connectivity index (χ2n) is 3.90. The molecule has 1 rings (SSSR count). The second-order valence-corrected chi connectivity index (χ2v) is 3.90. The minimum absolute atomic E-state index is 0.0767. The molecule has 0 aromatic heterocycles. The van der Waals surface area contributed by atoms with Gasteiger partial charge in [-0.15, -0.1) is 0 Å². The number of halogens is 1. The first kappa shape index (κ1) is 13.9. The van der Waals surface area contributed by atoms with Gasteiger partial charge in [-0.25, -0.2) is 4.39 Å². The number of aliphatic hydroxyl groups is 1. The van der Waals surface area contributed by atoms with Crippen molar-refractivity contribution in [3.8, 4) is 5.75 Å². The van der Waals surface area contributed by atoms with Crippen LogP contribution in [0.25, 0.3) is 0 Å². The van der Waals surface area contributed by atoms with Gasteiger partial charge in [0, 0.05) is 11.6 Å². The zero-order chi connectivity index (χ0) is 12.7. The first-order chi connectivity index (χ1) is 8.20.